The molecule has 0 bridgehead atoms. The Labute approximate surface area is 176 Å². The lowest BCUT2D eigenvalue weighted by molar-refractivity contribution is -0.128. The average molecular weight is 402 g/mol. The zero-order valence-electron chi connectivity index (χ0n) is 17.3. The zero-order chi connectivity index (χ0) is 21.1. The Morgan fingerprint density at radius 1 is 1.03 bits per heavy atom. The molecule has 0 saturated carbocycles. The van der Waals surface area contributed by atoms with E-state index >= 15 is 0 Å². The van der Waals surface area contributed by atoms with E-state index in [1.807, 2.05) is 68.6 Å². The third-order valence-electron chi connectivity index (χ3n) is 5.58. The number of amides is 2. The second-order valence-electron chi connectivity index (χ2n) is 7.95. The molecule has 2 aromatic carbocycles. The fourth-order valence-electron chi connectivity index (χ4n) is 3.72. The van der Waals surface area contributed by atoms with Crippen LogP contribution in [0.4, 0.5) is 5.69 Å². The lowest BCUT2D eigenvalue weighted by atomic mass is 10.1. The molecule has 1 aliphatic heterocycles. The van der Waals surface area contributed by atoms with Crippen LogP contribution in [-0.4, -0.2) is 32.8 Å². The van der Waals surface area contributed by atoms with Gasteiger partial charge in [0.25, 0.3) is 0 Å². The molecule has 6 heteroatoms. The minimum Gasteiger partial charge on any atom is -0.338 e. The Balaban J connectivity index is 1.33. The molecule has 2 heterocycles. The van der Waals surface area contributed by atoms with Crippen molar-refractivity contribution in [3.63, 3.8) is 0 Å². The van der Waals surface area contributed by atoms with Crippen molar-refractivity contribution in [1.29, 1.82) is 0 Å². The van der Waals surface area contributed by atoms with Crippen LogP contribution in [0.5, 0.6) is 0 Å². The predicted molar refractivity (Wildman–Crippen MR) is 116 cm³/mol. The highest BCUT2D eigenvalue weighted by atomic mass is 16.2. The fraction of sp³-hybridized carbons (Fsp3) is 0.292. The molecule has 0 aliphatic carbocycles. The molecule has 1 N–H and O–H groups in total. The maximum absolute atomic E-state index is 12.7. The van der Waals surface area contributed by atoms with Crippen LogP contribution in [0.25, 0.3) is 0 Å². The summed E-state index contributed by atoms with van der Waals surface area (Å²) in [7, 11) is 0. The van der Waals surface area contributed by atoms with Crippen molar-refractivity contribution in [1.82, 2.24) is 14.5 Å². The molecule has 1 atom stereocenters. The van der Waals surface area contributed by atoms with Gasteiger partial charge < -0.3 is 14.8 Å². The number of aryl methyl sites for hydroxylation is 2. The normalized spacial score (nSPS) is 16.1. The standard InChI is InChI=1S/C24H26N4O2/c1-17-3-5-19(6-4-17)15-28-16-21(13-23(28)29)24(30)26-22-9-7-20(8-10-22)14-27-12-11-25-18(27)2/h3-12,21H,13-16H2,1-2H3,(H,26,30). The third kappa shape index (κ3) is 4.59. The number of imidazole rings is 1. The smallest absolute Gasteiger partial charge is 0.229 e. The monoisotopic (exact) mass is 402 g/mol. The minimum absolute atomic E-state index is 0.0294. The lowest BCUT2D eigenvalue weighted by Gasteiger charge is -2.17. The summed E-state index contributed by atoms with van der Waals surface area (Å²) in [5, 5.41) is 2.96. The highest BCUT2D eigenvalue weighted by Gasteiger charge is 2.34. The summed E-state index contributed by atoms with van der Waals surface area (Å²) < 4.78 is 2.07. The fourth-order valence-corrected chi connectivity index (χ4v) is 3.72. The molecule has 1 aromatic heterocycles. The second kappa shape index (κ2) is 8.53. The molecule has 30 heavy (non-hydrogen) atoms. The van der Waals surface area contributed by atoms with Gasteiger partial charge in [-0.1, -0.05) is 42.0 Å². The van der Waals surface area contributed by atoms with E-state index in [9.17, 15) is 9.59 Å². The van der Waals surface area contributed by atoms with E-state index in [1.165, 1.54) is 5.56 Å². The number of likely N-dealkylation sites (tertiary alicyclic amines) is 1. The van der Waals surface area contributed by atoms with E-state index in [0.717, 1.165) is 29.2 Å². The first kappa shape index (κ1) is 19.9. The molecule has 1 unspecified atom stereocenters. The van der Waals surface area contributed by atoms with Gasteiger partial charge in [-0.25, -0.2) is 4.98 Å². The quantitative estimate of drug-likeness (QED) is 0.686. The molecule has 1 aliphatic rings. The Kier molecular flexibility index (Phi) is 5.65. The van der Waals surface area contributed by atoms with E-state index in [-0.39, 0.29) is 24.2 Å². The van der Waals surface area contributed by atoms with E-state index in [1.54, 1.807) is 11.1 Å². The maximum Gasteiger partial charge on any atom is 0.229 e. The Morgan fingerprint density at radius 3 is 2.37 bits per heavy atom. The number of benzene rings is 2. The lowest BCUT2D eigenvalue weighted by Crippen LogP contribution is -2.28. The first-order chi connectivity index (χ1) is 14.5. The number of nitrogens with one attached hydrogen (secondary N) is 1. The number of carbonyl (C=O) groups excluding carboxylic acids is 2. The van der Waals surface area contributed by atoms with Gasteiger partial charge in [0.2, 0.25) is 11.8 Å². The molecule has 1 fully saturated rings. The van der Waals surface area contributed by atoms with Gasteiger partial charge in [0.15, 0.2) is 0 Å². The number of hydrogen-bond acceptors (Lipinski definition) is 3. The summed E-state index contributed by atoms with van der Waals surface area (Å²) in [4.78, 5) is 31.1. The van der Waals surface area contributed by atoms with Gasteiger partial charge in [-0.2, -0.15) is 0 Å². The van der Waals surface area contributed by atoms with E-state index < -0.39 is 0 Å². The number of carbonyl (C=O) groups is 2. The van der Waals surface area contributed by atoms with Crippen LogP contribution in [0.2, 0.25) is 0 Å². The van der Waals surface area contributed by atoms with Gasteiger partial charge in [0.1, 0.15) is 5.82 Å². The van der Waals surface area contributed by atoms with Crippen molar-refractivity contribution in [3.05, 3.63) is 83.4 Å². The van der Waals surface area contributed by atoms with Crippen molar-refractivity contribution in [2.45, 2.75) is 33.4 Å². The van der Waals surface area contributed by atoms with E-state index in [2.05, 4.69) is 14.9 Å². The summed E-state index contributed by atoms with van der Waals surface area (Å²) in [5.74, 6) is 0.569. The van der Waals surface area contributed by atoms with Gasteiger partial charge >= 0.3 is 0 Å². The second-order valence-corrected chi connectivity index (χ2v) is 7.95. The molecule has 0 radical (unpaired) electrons. The van der Waals surface area contributed by atoms with E-state index in [4.69, 9.17) is 0 Å². The summed E-state index contributed by atoms with van der Waals surface area (Å²) in [6.07, 6.45) is 4.00. The van der Waals surface area contributed by atoms with Crippen LogP contribution in [0.3, 0.4) is 0 Å². The Bertz CT molecular complexity index is 1040. The van der Waals surface area contributed by atoms with Gasteiger partial charge in [0, 0.05) is 44.1 Å². The van der Waals surface area contributed by atoms with E-state index in [0.29, 0.717) is 13.1 Å². The van der Waals surface area contributed by atoms with Crippen LogP contribution in [0, 0.1) is 19.8 Å². The maximum atomic E-state index is 12.7. The SMILES string of the molecule is Cc1ccc(CN2CC(C(=O)Nc3ccc(Cn4ccnc4C)cc3)CC2=O)cc1. The van der Waals surface area contributed by atoms with Gasteiger partial charge in [-0.15, -0.1) is 0 Å². The molecule has 2 amide bonds. The summed E-state index contributed by atoms with van der Waals surface area (Å²) in [6.45, 7) is 5.75. The Morgan fingerprint density at radius 2 is 1.70 bits per heavy atom. The average Bonchev–Trinajstić information content (AvgIpc) is 3.31. The highest BCUT2D eigenvalue weighted by Crippen LogP contribution is 2.22. The van der Waals surface area contributed by atoms with Crippen molar-refractivity contribution in [2.75, 3.05) is 11.9 Å². The zero-order valence-corrected chi connectivity index (χ0v) is 17.3. The van der Waals surface area contributed by atoms with Crippen LogP contribution in [0.1, 0.15) is 28.9 Å². The van der Waals surface area contributed by atoms with Crippen molar-refractivity contribution in [2.24, 2.45) is 5.92 Å². The molecule has 0 spiro atoms. The van der Waals surface area contributed by atoms with Gasteiger partial charge in [0.05, 0.1) is 5.92 Å². The van der Waals surface area contributed by atoms with Crippen molar-refractivity contribution in [3.8, 4) is 0 Å². The molecular weight excluding hydrogens is 376 g/mol. The van der Waals surface area contributed by atoms with Crippen LogP contribution >= 0.6 is 0 Å². The summed E-state index contributed by atoms with van der Waals surface area (Å²) in [5.41, 5.74) is 4.15. The molecule has 154 valence electrons. The predicted octanol–water partition coefficient (Wildman–Crippen LogP) is 3.54. The number of hydrogen-bond donors (Lipinski definition) is 1. The Hall–Kier alpha value is -3.41. The van der Waals surface area contributed by atoms with Crippen LogP contribution in [-0.2, 0) is 22.7 Å². The summed E-state index contributed by atoms with van der Waals surface area (Å²) >= 11 is 0. The molecule has 6 nitrogen and oxygen atoms in total. The topological polar surface area (TPSA) is 67.2 Å². The first-order valence-corrected chi connectivity index (χ1v) is 10.2. The molecule has 4 rings (SSSR count). The number of nitrogens with zero attached hydrogens (tertiary/aromatic N) is 3. The van der Waals surface area contributed by atoms with Crippen molar-refractivity contribution >= 4 is 17.5 Å². The van der Waals surface area contributed by atoms with Crippen molar-refractivity contribution < 1.29 is 9.59 Å². The molecule has 3 aromatic rings. The largest absolute Gasteiger partial charge is 0.338 e. The molecular formula is C24H26N4O2. The number of aromatic nitrogens is 2. The minimum atomic E-state index is -0.323. The number of anilines is 1. The molecule has 1 saturated heterocycles. The third-order valence-corrected chi connectivity index (χ3v) is 5.58. The van der Waals surface area contributed by atoms with Crippen LogP contribution < -0.4 is 5.32 Å². The van der Waals surface area contributed by atoms with Crippen LogP contribution in [0.15, 0.2) is 60.9 Å². The van der Waals surface area contributed by atoms with Gasteiger partial charge in [-0.05, 0) is 37.1 Å². The number of rotatable bonds is 6. The summed E-state index contributed by atoms with van der Waals surface area (Å²) in [6, 6.07) is 15.9. The highest BCUT2D eigenvalue weighted by molar-refractivity contribution is 5.97. The van der Waals surface area contributed by atoms with Gasteiger partial charge in [-0.3, -0.25) is 9.59 Å². The first-order valence-electron chi connectivity index (χ1n) is 10.2.